The largest absolute Gasteiger partial charge is 0.441 e. The molecule has 2 heterocycles. The molecule has 0 saturated heterocycles. The Hall–Kier alpha value is -1.70. The summed E-state index contributed by atoms with van der Waals surface area (Å²) in [4.78, 5) is 16.3. The Labute approximate surface area is 133 Å². The monoisotopic (exact) mass is 323 g/mol. The van der Waals surface area contributed by atoms with Crippen LogP contribution in [0.5, 0.6) is 0 Å². The average molecular weight is 323 g/mol. The zero-order chi connectivity index (χ0) is 15.8. The molecule has 0 unspecified atom stereocenters. The zero-order valence-electron chi connectivity index (χ0n) is 12.8. The van der Waals surface area contributed by atoms with Gasteiger partial charge in [-0.1, -0.05) is 0 Å². The summed E-state index contributed by atoms with van der Waals surface area (Å²) in [5.41, 5.74) is 1.63. The van der Waals surface area contributed by atoms with E-state index in [9.17, 15) is 4.79 Å². The molecule has 2 aromatic rings. The van der Waals surface area contributed by atoms with Crippen molar-refractivity contribution in [2.45, 2.75) is 13.3 Å². The summed E-state index contributed by atoms with van der Waals surface area (Å²) < 4.78 is 10.5. The van der Waals surface area contributed by atoms with Crippen molar-refractivity contribution in [1.82, 2.24) is 15.6 Å². The summed E-state index contributed by atoms with van der Waals surface area (Å²) in [6.45, 7) is 4.57. The zero-order valence-corrected chi connectivity index (χ0v) is 13.7. The Morgan fingerprint density at radius 1 is 1.41 bits per heavy atom. The molecule has 2 aromatic heterocycles. The second kappa shape index (κ2) is 8.67. The highest BCUT2D eigenvalue weighted by Crippen LogP contribution is 2.23. The number of aromatic nitrogens is 1. The molecule has 0 atom stereocenters. The van der Waals surface area contributed by atoms with Gasteiger partial charge in [-0.05, 0) is 18.4 Å². The van der Waals surface area contributed by atoms with E-state index in [1.54, 1.807) is 18.4 Å². The number of nitrogens with one attached hydrogen (secondary N) is 2. The summed E-state index contributed by atoms with van der Waals surface area (Å²) in [6.07, 6.45) is 0.234. The Morgan fingerprint density at radius 2 is 2.27 bits per heavy atom. The third kappa shape index (κ3) is 4.94. The van der Waals surface area contributed by atoms with E-state index >= 15 is 0 Å². The van der Waals surface area contributed by atoms with Crippen LogP contribution >= 0.6 is 11.3 Å². The van der Waals surface area contributed by atoms with Crippen LogP contribution in [0.15, 0.2) is 21.2 Å². The average Bonchev–Trinajstić information content (AvgIpc) is 3.13. The minimum absolute atomic E-state index is 0.0539. The molecule has 0 saturated carbocycles. The van der Waals surface area contributed by atoms with Crippen molar-refractivity contribution < 1.29 is 13.9 Å². The number of hydrogen-bond donors (Lipinski definition) is 2. The number of oxazole rings is 1. The summed E-state index contributed by atoms with van der Waals surface area (Å²) >= 11 is 1.59. The smallest absolute Gasteiger partial charge is 0.227 e. The van der Waals surface area contributed by atoms with Crippen molar-refractivity contribution in [3.8, 4) is 11.5 Å². The van der Waals surface area contributed by atoms with E-state index in [1.165, 1.54) is 0 Å². The summed E-state index contributed by atoms with van der Waals surface area (Å²) in [6, 6.07) is 1.95. The van der Waals surface area contributed by atoms with Gasteiger partial charge in [-0.2, -0.15) is 11.3 Å². The maximum atomic E-state index is 11.9. The topological polar surface area (TPSA) is 76.4 Å². The van der Waals surface area contributed by atoms with Crippen molar-refractivity contribution in [2.75, 3.05) is 33.4 Å². The molecule has 2 rings (SSSR count). The van der Waals surface area contributed by atoms with Crippen LogP contribution in [0.1, 0.15) is 11.5 Å². The van der Waals surface area contributed by atoms with Gasteiger partial charge in [0.2, 0.25) is 11.8 Å². The van der Waals surface area contributed by atoms with Crippen LogP contribution in [0, 0.1) is 6.92 Å². The van der Waals surface area contributed by atoms with Gasteiger partial charge >= 0.3 is 0 Å². The minimum Gasteiger partial charge on any atom is -0.441 e. The number of ether oxygens (including phenoxy) is 1. The predicted molar refractivity (Wildman–Crippen MR) is 86.0 cm³/mol. The van der Waals surface area contributed by atoms with E-state index in [0.29, 0.717) is 37.0 Å². The fraction of sp³-hybridized carbons (Fsp3) is 0.467. The Kier molecular flexibility index (Phi) is 6.57. The second-order valence-electron chi connectivity index (χ2n) is 4.80. The van der Waals surface area contributed by atoms with Gasteiger partial charge in [-0.3, -0.25) is 4.79 Å². The molecular formula is C15H21N3O3S. The number of rotatable bonds is 9. The first kappa shape index (κ1) is 16.7. The van der Waals surface area contributed by atoms with Gasteiger partial charge in [-0.15, -0.1) is 0 Å². The normalized spacial score (nSPS) is 10.8. The molecule has 22 heavy (non-hydrogen) atoms. The molecule has 0 fully saturated rings. The predicted octanol–water partition coefficient (Wildman–Crippen LogP) is 1.61. The lowest BCUT2D eigenvalue weighted by atomic mass is 10.2. The number of hydrogen-bond acceptors (Lipinski definition) is 6. The van der Waals surface area contributed by atoms with E-state index in [1.807, 2.05) is 23.8 Å². The minimum atomic E-state index is -0.0539. The fourth-order valence-corrected chi connectivity index (χ4v) is 2.54. The number of thiophene rings is 1. The standard InChI is InChI=1S/C15H21N3O3S/c1-11-13(18-15(21-11)12-3-8-22-10-12)9-14(19)17-5-4-16-6-7-20-2/h3,8,10,16H,4-7,9H2,1-2H3,(H,17,19). The molecule has 0 aliphatic carbocycles. The van der Waals surface area contributed by atoms with Crippen molar-refractivity contribution in [1.29, 1.82) is 0 Å². The van der Waals surface area contributed by atoms with Crippen molar-refractivity contribution in [3.63, 3.8) is 0 Å². The van der Waals surface area contributed by atoms with Crippen LogP contribution < -0.4 is 10.6 Å². The summed E-state index contributed by atoms with van der Waals surface area (Å²) in [5, 5.41) is 9.97. The van der Waals surface area contributed by atoms with Gasteiger partial charge in [0.1, 0.15) is 5.76 Å². The van der Waals surface area contributed by atoms with E-state index in [4.69, 9.17) is 9.15 Å². The number of aryl methyl sites for hydroxylation is 1. The Morgan fingerprint density at radius 3 is 3.00 bits per heavy atom. The van der Waals surface area contributed by atoms with Crippen molar-refractivity contribution in [3.05, 3.63) is 28.3 Å². The number of amides is 1. The van der Waals surface area contributed by atoms with Gasteiger partial charge in [0.05, 0.1) is 18.7 Å². The van der Waals surface area contributed by atoms with E-state index < -0.39 is 0 Å². The lowest BCUT2D eigenvalue weighted by Crippen LogP contribution is -2.34. The molecule has 0 bridgehead atoms. The number of methoxy groups -OCH3 is 1. The van der Waals surface area contributed by atoms with Crippen molar-refractivity contribution in [2.24, 2.45) is 0 Å². The van der Waals surface area contributed by atoms with Crippen LogP contribution in [-0.2, 0) is 16.0 Å². The van der Waals surface area contributed by atoms with E-state index in [0.717, 1.165) is 12.1 Å². The van der Waals surface area contributed by atoms with Gasteiger partial charge < -0.3 is 19.8 Å². The van der Waals surface area contributed by atoms with Gasteiger partial charge in [0, 0.05) is 37.7 Å². The first-order chi connectivity index (χ1) is 10.7. The molecule has 0 aromatic carbocycles. The number of nitrogens with zero attached hydrogens (tertiary/aromatic N) is 1. The maximum absolute atomic E-state index is 11.9. The molecule has 0 spiro atoms. The summed E-state index contributed by atoms with van der Waals surface area (Å²) in [5.74, 6) is 1.21. The first-order valence-corrected chi connectivity index (χ1v) is 8.10. The van der Waals surface area contributed by atoms with E-state index in [-0.39, 0.29) is 12.3 Å². The fourth-order valence-electron chi connectivity index (χ4n) is 1.91. The van der Waals surface area contributed by atoms with Crippen LogP contribution in [-0.4, -0.2) is 44.2 Å². The molecule has 1 amide bonds. The molecule has 2 N–H and O–H groups in total. The lowest BCUT2D eigenvalue weighted by molar-refractivity contribution is -0.120. The Balaban J connectivity index is 1.77. The second-order valence-corrected chi connectivity index (χ2v) is 5.58. The number of carbonyl (C=O) groups excluding carboxylic acids is 1. The highest BCUT2D eigenvalue weighted by atomic mass is 32.1. The Bertz CT molecular complexity index is 581. The third-order valence-corrected chi connectivity index (χ3v) is 3.78. The number of carbonyl (C=O) groups is 1. The highest BCUT2D eigenvalue weighted by molar-refractivity contribution is 7.08. The van der Waals surface area contributed by atoms with Gasteiger partial charge in [0.25, 0.3) is 0 Å². The van der Waals surface area contributed by atoms with Crippen LogP contribution in [0.2, 0.25) is 0 Å². The molecule has 0 aliphatic heterocycles. The maximum Gasteiger partial charge on any atom is 0.227 e. The van der Waals surface area contributed by atoms with Crippen LogP contribution in [0.4, 0.5) is 0 Å². The van der Waals surface area contributed by atoms with Crippen molar-refractivity contribution >= 4 is 17.2 Å². The molecule has 0 aliphatic rings. The van der Waals surface area contributed by atoms with Crippen LogP contribution in [0.25, 0.3) is 11.5 Å². The molecule has 0 radical (unpaired) electrons. The molecule has 7 heteroatoms. The highest BCUT2D eigenvalue weighted by Gasteiger charge is 2.14. The SMILES string of the molecule is COCCNCCNC(=O)Cc1nc(-c2ccsc2)oc1C. The lowest BCUT2D eigenvalue weighted by Gasteiger charge is -2.05. The van der Waals surface area contributed by atoms with Crippen LogP contribution in [0.3, 0.4) is 0 Å². The first-order valence-electron chi connectivity index (χ1n) is 7.16. The van der Waals surface area contributed by atoms with Gasteiger partial charge in [-0.25, -0.2) is 4.98 Å². The summed E-state index contributed by atoms with van der Waals surface area (Å²) in [7, 11) is 1.66. The molecule has 6 nitrogen and oxygen atoms in total. The molecular weight excluding hydrogens is 302 g/mol. The third-order valence-electron chi connectivity index (χ3n) is 3.10. The van der Waals surface area contributed by atoms with E-state index in [2.05, 4.69) is 15.6 Å². The van der Waals surface area contributed by atoms with Gasteiger partial charge in [0.15, 0.2) is 0 Å². The molecule has 120 valence electrons. The quantitative estimate of drug-likeness (QED) is 0.686.